The average Bonchev–Trinajstić information content (AvgIpc) is 2.63. The van der Waals surface area contributed by atoms with E-state index >= 15 is 0 Å². The molecule has 0 unspecified atom stereocenters. The van der Waals surface area contributed by atoms with Crippen LogP contribution in [0.3, 0.4) is 0 Å². The van der Waals surface area contributed by atoms with Crippen LogP contribution < -0.4 is 5.73 Å². The van der Waals surface area contributed by atoms with E-state index in [2.05, 4.69) is 17.2 Å². The zero-order valence-corrected chi connectivity index (χ0v) is 9.52. The van der Waals surface area contributed by atoms with E-state index in [0.717, 1.165) is 19.3 Å². The van der Waals surface area contributed by atoms with Gasteiger partial charge in [-0.1, -0.05) is 25.0 Å². The Balaban J connectivity index is 2.78. The lowest BCUT2D eigenvalue weighted by molar-refractivity contribution is 0.0689. The average molecular weight is 226 g/mol. The molecule has 0 bridgehead atoms. The van der Waals surface area contributed by atoms with Gasteiger partial charge in [0.25, 0.3) is 0 Å². The number of carboxylic acids is 1. The van der Waals surface area contributed by atoms with E-state index in [9.17, 15) is 4.79 Å². The maximum atomic E-state index is 10.9. The summed E-state index contributed by atoms with van der Waals surface area (Å²) in [7, 11) is 0. The Hall–Kier alpha value is -1.43. The molecule has 0 atom stereocenters. The van der Waals surface area contributed by atoms with Gasteiger partial charge in [-0.05, 0) is 13.0 Å². The van der Waals surface area contributed by atoms with Gasteiger partial charge in [0.15, 0.2) is 5.69 Å². The second-order valence-corrected chi connectivity index (χ2v) is 3.66. The van der Waals surface area contributed by atoms with Crippen molar-refractivity contribution in [1.29, 1.82) is 0 Å². The third-order valence-electron chi connectivity index (χ3n) is 2.39. The number of nitrogens with two attached hydrogens (primary N) is 1. The van der Waals surface area contributed by atoms with Crippen molar-refractivity contribution in [2.45, 2.75) is 39.2 Å². The Labute approximate surface area is 94.4 Å². The minimum Gasteiger partial charge on any atom is -0.476 e. The molecule has 0 aliphatic carbocycles. The largest absolute Gasteiger partial charge is 0.476 e. The molecular weight excluding hydrogens is 208 g/mol. The lowest BCUT2D eigenvalue weighted by atomic mass is 10.2. The Kier molecular flexibility index (Phi) is 4.91. The van der Waals surface area contributed by atoms with E-state index < -0.39 is 5.97 Å². The van der Waals surface area contributed by atoms with Crippen molar-refractivity contribution in [2.75, 3.05) is 6.54 Å². The number of carbonyl (C=O) groups is 1. The number of aromatic nitrogens is 3. The maximum Gasteiger partial charge on any atom is 0.358 e. The van der Waals surface area contributed by atoms with E-state index in [1.165, 1.54) is 0 Å². The second kappa shape index (κ2) is 6.22. The van der Waals surface area contributed by atoms with Crippen LogP contribution in [0.2, 0.25) is 0 Å². The normalized spacial score (nSPS) is 10.6. The molecule has 6 nitrogen and oxygen atoms in total. The molecule has 1 aromatic rings. The Morgan fingerprint density at radius 1 is 1.50 bits per heavy atom. The predicted octanol–water partition coefficient (Wildman–Crippen LogP) is 0.668. The molecule has 0 aromatic carbocycles. The molecule has 0 saturated carbocycles. The van der Waals surface area contributed by atoms with Gasteiger partial charge >= 0.3 is 5.97 Å². The van der Waals surface area contributed by atoms with Crippen LogP contribution in [-0.4, -0.2) is 32.6 Å². The molecule has 1 heterocycles. The lowest BCUT2D eigenvalue weighted by Crippen LogP contribution is -2.13. The Morgan fingerprint density at radius 3 is 2.81 bits per heavy atom. The summed E-state index contributed by atoms with van der Waals surface area (Å²) in [5.74, 6) is -1.04. The van der Waals surface area contributed by atoms with Crippen LogP contribution in [0, 0.1) is 0 Å². The molecule has 0 aliphatic heterocycles. The number of aromatic carboxylic acids is 1. The number of carboxylic acid groups (broad SMARTS) is 1. The fraction of sp³-hybridized carbons (Fsp3) is 0.700. The van der Waals surface area contributed by atoms with Crippen LogP contribution in [0.1, 0.15) is 42.4 Å². The van der Waals surface area contributed by atoms with E-state index in [1.54, 1.807) is 4.68 Å². The molecule has 0 amide bonds. The molecule has 1 aromatic heterocycles. The lowest BCUT2D eigenvalue weighted by Gasteiger charge is -2.05. The highest BCUT2D eigenvalue weighted by molar-refractivity contribution is 5.86. The summed E-state index contributed by atoms with van der Waals surface area (Å²) in [6, 6.07) is 0. The fourth-order valence-corrected chi connectivity index (χ4v) is 1.57. The van der Waals surface area contributed by atoms with Crippen LogP contribution in [0.4, 0.5) is 0 Å². The van der Waals surface area contributed by atoms with E-state index in [4.69, 9.17) is 10.8 Å². The molecule has 0 saturated heterocycles. The minimum atomic E-state index is -1.04. The van der Waals surface area contributed by atoms with Crippen molar-refractivity contribution in [3.05, 3.63) is 11.4 Å². The topological polar surface area (TPSA) is 94.0 Å². The maximum absolute atomic E-state index is 10.9. The van der Waals surface area contributed by atoms with E-state index in [1.807, 2.05) is 0 Å². The Bertz CT molecular complexity index is 349. The predicted molar refractivity (Wildman–Crippen MR) is 59.3 cm³/mol. The van der Waals surface area contributed by atoms with Gasteiger partial charge in [0.2, 0.25) is 0 Å². The van der Waals surface area contributed by atoms with Crippen molar-refractivity contribution in [1.82, 2.24) is 15.0 Å². The first-order valence-electron chi connectivity index (χ1n) is 5.56. The highest BCUT2D eigenvalue weighted by Crippen LogP contribution is 2.08. The molecule has 0 spiro atoms. The quantitative estimate of drug-likeness (QED) is 0.666. The summed E-state index contributed by atoms with van der Waals surface area (Å²) < 4.78 is 1.66. The molecule has 0 fully saturated rings. The summed E-state index contributed by atoms with van der Waals surface area (Å²) in [6.45, 7) is 3.23. The van der Waals surface area contributed by atoms with E-state index in [-0.39, 0.29) is 5.69 Å². The summed E-state index contributed by atoms with van der Waals surface area (Å²) in [5.41, 5.74) is 6.11. The SMILES string of the molecule is CCCCCn1nnc(C(=O)O)c1CCN. The van der Waals surface area contributed by atoms with Gasteiger partial charge in [0, 0.05) is 13.0 Å². The molecule has 90 valence electrons. The number of aryl methyl sites for hydroxylation is 1. The first kappa shape index (κ1) is 12.6. The third-order valence-corrected chi connectivity index (χ3v) is 2.39. The summed E-state index contributed by atoms with van der Waals surface area (Å²) >= 11 is 0. The van der Waals surface area contributed by atoms with Gasteiger partial charge in [-0.25, -0.2) is 9.48 Å². The number of hydrogen-bond donors (Lipinski definition) is 2. The van der Waals surface area contributed by atoms with Gasteiger partial charge in [0.05, 0.1) is 5.69 Å². The second-order valence-electron chi connectivity index (χ2n) is 3.66. The Morgan fingerprint density at radius 2 is 2.25 bits per heavy atom. The van der Waals surface area contributed by atoms with Gasteiger partial charge in [-0.15, -0.1) is 5.10 Å². The van der Waals surface area contributed by atoms with Crippen molar-refractivity contribution in [3.8, 4) is 0 Å². The minimum absolute atomic E-state index is 0.0296. The standard InChI is InChI=1S/C10H18N4O2/c1-2-3-4-7-14-8(5-6-11)9(10(15)16)12-13-14/h2-7,11H2,1H3,(H,15,16). The summed E-state index contributed by atoms with van der Waals surface area (Å²) in [4.78, 5) is 10.9. The number of hydrogen-bond acceptors (Lipinski definition) is 4. The van der Waals surface area contributed by atoms with Crippen LogP contribution in [0.25, 0.3) is 0 Å². The number of rotatable bonds is 7. The van der Waals surface area contributed by atoms with Crippen LogP contribution in [-0.2, 0) is 13.0 Å². The highest BCUT2D eigenvalue weighted by atomic mass is 16.4. The van der Waals surface area contributed by atoms with Crippen molar-refractivity contribution in [3.63, 3.8) is 0 Å². The fourth-order valence-electron chi connectivity index (χ4n) is 1.57. The third kappa shape index (κ3) is 3.03. The molecule has 1 rings (SSSR count). The van der Waals surface area contributed by atoms with Crippen molar-refractivity contribution < 1.29 is 9.90 Å². The monoisotopic (exact) mass is 226 g/mol. The zero-order chi connectivity index (χ0) is 12.0. The first-order valence-corrected chi connectivity index (χ1v) is 5.56. The smallest absolute Gasteiger partial charge is 0.358 e. The van der Waals surface area contributed by atoms with E-state index in [0.29, 0.717) is 25.2 Å². The number of nitrogens with zero attached hydrogens (tertiary/aromatic N) is 3. The first-order chi connectivity index (χ1) is 7.70. The van der Waals surface area contributed by atoms with Gasteiger partial charge in [-0.2, -0.15) is 0 Å². The molecule has 0 aliphatic rings. The highest BCUT2D eigenvalue weighted by Gasteiger charge is 2.17. The van der Waals surface area contributed by atoms with Crippen LogP contribution >= 0.6 is 0 Å². The molecule has 3 N–H and O–H groups in total. The summed E-state index contributed by atoms with van der Waals surface area (Å²) in [5, 5.41) is 16.4. The van der Waals surface area contributed by atoms with Gasteiger partial charge in [0.1, 0.15) is 0 Å². The van der Waals surface area contributed by atoms with Gasteiger partial charge < -0.3 is 10.8 Å². The molecule has 6 heteroatoms. The zero-order valence-electron chi connectivity index (χ0n) is 9.52. The molecular formula is C10H18N4O2. The molecule has 16 heavy (non-hydrogen) atoms. The van der Waals surface area contributed by atoms with Crippen molar-refractivity contribution >= 4 is 5.97 Å². The van der Waals surface area contributed by atoms with Gasteiger partial charge in [-0.3, -0.25) is 0 Å². The molecule has 0 radical (unpaired) electrons. The van der Waals surface area contributed by atoms with Crippen molar-refractivity contribution in [2.24, 2.45) is 5.73 Å². The number of unbranched alkanes of at least 4 members (excludes halogenated alkanes) is 2. The summed E-state index contributed by atoms with van der Waals surface area (Å²) in [6.07, 6.45) is 3.70. The van der Waals surface area contributed by atoms with Crippen LogP contribution in [0.5, 0.6) is 0 Å². The van der Waals surface area contributed by atoms with Crippen LogP contribution in [0.15, 0.2) is 0 Å².